The van der Waals surface area contributed by atoms with Crippen LogP contribution in [0.25, 0.3) is 0 Å². The summed E-state index contributed by atoms with van der Waals surface area (Å²) in [5, 5.41) is 10.8. The van der Waals surface area contributed by atoms with Crippen molar-refractivity contribution in [2.24, 2.45) is 0 Å². The van der Waals surface area contributed by atoms with Gasteiger partial charge in [-0.3, -0.25) is 10.1 Å². The number of non-ortho nitro benzene ring substituents is 1. The van der Waals surface area contributed by atoms with Crippen molar-refractivity contribution in [2.45, 2.75) is 0 Å². The van der Waals surface area contributed by atoms with Gasteiger partial charge in [0.2, 0.25) is 0 Å². The van der Waals surface area contributed by atoms with Crippen molar-refractivity contribution in [1.82, 2.24) is 0 Å². The Labute approximate surface area is 107 Å². The van der Waals surface area contributed by atoms with Gasteiger partial charge in [0.05, 0.1) is 21.6 Å². The number of rotatable bonds is 5. The Morgan fingerprint density at radius 1 is 1.44 bits per heavy atom. The summed E-state index contributed by atoms with van der Waals surface area (Å²) in [5.74, 6) is 1.09. The molecular formula is C9H9Cl2NO3S. The minimum Gasteiger partial charge on any atom is -0.490 e. The number of nitro groups is 1. The molecule has 0 unspecified atom stereocenters. The van der Waals surface area contributed by atoms with Gasteiger partial charge < -0.3 is 4.74 Å². The topological polar surface area (TPSA) is 52.4 Å². The summed E-state index contributed by atoms with van der Waals surface area (Å²) >= 11 is 13.3. The van der Waals surface area contributed by atoms with Gasteiger partial charge in [0, 0.05) is 17.9 Å². The molecule has 1 aromatic rings. The van der Waals surface area contributed by atoms with Crippen LogP contribution in [0.4, 0.5) is 5.69 Å². The van der Waals surface area contributed by atoms with Crippen LogP contribution in [0.5, 0.6) is 5.75 Å². The third-order valence-corrected chi connectivity index (χ3v) is 2.86. The fourth-order valence-electron chi connectivity index (χ4n) is 1.02. The van der Waals surface area contributed by atoms with Crippen molar-refractivity contribution in [2.75, 3.05) is 18.6 Å². The predicted octanol–water partition coefficient (Wildman–Crippen LogP) is 3.64. The van der Waals surface area contributed by atoms with E-state index in [0.29, 0.717) is 12.4 Å². The van der Waals surface area contributed by atoms with E-state index < -0.39 is 4.92 Å². The van der Waals surface area contributed by atoms with Gasteiger partial charge in [0.1, 0.15) is 0 Å². The number of nitrogens with zero attached hydrogens (tertiary/aromatic N) is 1. The molecular weight excluding hydrogens is 273 g/mol. The Morgan fingerprint density at radius 2 is 2.00 bits per heavy atom. The number of ether oxygens (including phenoxy) is 1. The average molecular weight is 282 g/mol. The lowest BCUT2D eigenvalue weighted by Gasteiger charge is -2.08. The average Bonchev–Trinajstić information content (AvgIpc) is 2.21. The van der Waals surface area contributed by atoms with Gasteiger partial charge in [-0.1, -0.05) is 23.2 Å². The first-order valence-electron chi connectivity index (χ1n) is 4.31. The molecule has 88 valence electrons. The lowest BCUT2D eigenvalue weighted by Crippen LogP contribution is -2.01. The maximum atomic E-state index is 10.5. The molecule has 0 radical (unpaired) electrons. The molecule has 0 heterocycles. The number of hydrogen-bond acceptors (Lipinski definition) is 4. The first-order chi connectivity index (χ1) is 7.56. The second-order valence-electron chi connectivity index (χ2n) is 2.84. The van der Waals surface area contributed by atoms with Crippen molar-refractivity contribution in [3.05, 3.63) is 32.3 Å². The molecule has 0 saturated carbocycles. The minimum absolute atomic E-state index is 0.146. The summed E-state index contributed by atoms with van der Waals surface area (Å²) in [5.41, 5.74) is -0.146. The lowest BCUT2D eigenvalue weighted by molar-refractivity contribution is -0.384. The first kappa shape index (κ1) is 13.4. The van der Waals surface area contributed by atoms with E-state index in [1.54, 1.807) is 11.8 Å². The fraction of sp³-hybridized carbons (Fsp3) is 0.333. The van der Waals surface area contributed by atoms with Gasteiger partial charge in [0.15, 0.2) is 5.75 Å². The van der Waals surface area contributed by atoms with E-state index in [0.717, 1.165) is 5.75 Å². The monoisotopic (exact) mass is 281 g/mol. The maximum absolute atomic E-state index is 10.5. The highest BCUT2D eigenvalue weighted by atomic mass is 35.5. The van der Waals surface area contributed by atoms with Gasteiger partial charge in [-0.2, -0.15) is 11.8 Å². The molecule has 0 atom stereocenters. The zero-order chi connectivity index (χ0) is 12.1. The van der Waals surface area contributed by atoms with Gasteiger partial charge in [-0.15, -0.1) is 0 Å². The number of nitro benzene ring substituents is 1. The van der Waals surface area contributed by atoms with Crippen LogP contribution >= 0.6 is 35.0 Å². The lowest BCUT2D eigenvalue weighted by atomic mass is 10.3. The molecule has 0 N–H and O–H groups in total. The van der Waals surface area contributed by atoms with Crippen LogP contribution in [-0.2, 0) is 0 Å². The van der Waals surface area contributed by atoms with Gasteiger partial charge in [-0.25, -0.2) is 0 Å². The molecule has 1 aromatic carbocycles. The number of halogens is 2. The highest BCUT2D eigenvalue weighted by Crippen LogP contribution is 2.36. The number of thioether (sulfide) groups is 1. The van der Waals surface area contributed by atoms with E-state index >= 15 is 0 Å². The van der Waals surface area contributed by atoms with E-state index in [1.807, 2.05) is 6.26 Å². The quantitative estimate of drug-likeness (QED) is 0.470. The smallest absolute Gasteiger partial charge is 0.272 e. The summed E-state index contributed by atoms with van der Waals surface area (Å²) in [6.45, 7) is 0.457. The summed E-state index contributed by atoms with van der Waals surface area (Å²) < 4.78 is 5.34. The van der Waals surface area contributed by atoms with Crippen LogP contribution in [0.1, 0.15) is 0 Å². The third-order valence-electron chi connectivity index (χ3n) is 1.73. The van der Waals surface area contributed by atoms with Crippen molar-refractivity contribution < 1.29 is 9.66 Å². The summed E-state index contributed by atoms with van der Waals surface area (Å²) in [4.78, 5) is 9.97. The minimum atomic E-state index is -0.552. The predicted molar refractivity (Wildman–Crippen MR) is 67.0 cm³/mol. The molecule has 0 fully saturated rings. The second-order valence-corrected chi connectivity index (χ2v) is 4.64. The van der Waals surface area contributed by atoms with Crippen molar-refractivity contribution in [3.63, 3.8) is 0 Å². The Balaban J connectivity index is 2.89. The second kappa shape index (κ2) is 6.18. The standard InChI is InChI=1S/C9H9Cl2NO3S/c1-16-3-2-15-9-7(10)4-6(12(13)14)5-8(9)11/h4-5H,2-3H2,1H3. The van der Waals surface area contributed by atoms with Crippen LogP contribution in [-0.4, -0.2) is 23.5 Å². The van der Waals surface area contributed by atoms with E-state index in [4.69, 9.17) is 27.9 Å². The van der Waals surface area contributed by atoms with Crippen molar-refractivity contribution >= 4 is 40.7 Å². The molecule has 4 nitrogen and oxygen atoms in total. The highest BCUT2D eigenvalue weighted by Gasteiger charge is 2.15. The third kappa shape index (κ3) is 3.43. The Morgan fingerprint density at radius 3 is 2.44 bits per heavy atom. The molecule has 0 saturated heterocycles. The Bertz CT molecular complexity index is 377. The largest absolute Gasteiger partial charge is 0.490 e. The first-order valence-corrected chi connectivity index (χ1v) is 6.46. The SMILES string of the molecule is CSCCOc1c(Cl)cc([N+](=O)[O-])cc1Cl. The molecule has 1 rings (SSSR count). The summed E-state index contributed by atoms with van der Waals surface area (Å²) in [6.07, 6.45) is 1.95. The van der Waals surface area contributed by atoms with E-state index in [-0.39, 0.29) is 15.7 Å². The zero-order valence-electron chi connectivity index (χ0n) is 8.41. The van der Waals surface area contributed by atoms with E-state index in [9.17, 15) is 10.1 Å². The summed E-state index contributed by atoms with van der Waals surface area (Å²) in [7, 11) is 0. The number of benzene rings is 1. The Hall–Kier alpha value is -0.650. The van der Waals surface area contributed by atoms with Crippen LogP contribution in [0.3, 0.4) is 0 Å². The molecule has 16 heavy (non-hydrogen) atoms. The molecule has 0 aliphatic heterocycles. The van der Waals surface area contributed by atoms with Crippen LogP contribution in [0, 0.1) is 10.1 Å². The van der Waals surface area contributed by atoms with Crippen molar-refractivity contribution in [3.8, 4) is 5.75 Å². The molecule has 0 aliphatic rings. The van der Waals surface area contributed by atoms with Gasteiger partial charge in [0.25, 0.3) is 5.69 Å². The van der Waals surface area contributed by atoms with Crippen LogP contribution < -0.4 is 4.74 Å². The van der Waals surface area contributed by atoms with Crippen LogP contribution in [0.15, 0.2) is 12.1 Å². The van der Waals surface area contributed by atoms with E-state index in [1.165, 1.54) is 12.1 Å². The normalized spacial score (nSPS) is 10.2. The molecule has 7 heteroatoms. The molecule has 0 aliphatic carbocycles. The Kier molecular flexibility index (Phi) is 5.18. The fourth-order valence-corrected chi connectivity index (χ4v) is 1.85. The molecule has 0 spiro atoms. The molecule has 0 amide bonds. The zero-order valence-corrected chi connectivity index (χ0v) is 10.7. The van der Waals surface area contributed by atoms with Crippen molar-refractivity contribution in [1.29, 1.82) is 0 Å². The molecule has 0 bridgehead atoms. The summed E-state index contributed by atoms with van der Waals surface area (Å²) in [6, 6.07) is 2.45. The highest BCUT2D eigenvalue weighted by molar-refractivity contribution is 7.98. The molecule has 0 aromatic heterocycles. The van der Waals surface area contributed by atoms with Gasteiger partial charge >= 0.3 is 0 Å². The van der Waals surface area contributed by atoms with E-state index in [2.05, 4.69) is 0 Å². The number of hydrogen-bond donors (Lipinski definition) is 0. The maximum Gasteiger partial charge on any atom is 0.272 e. The van der Waals surface area contributed by atoms with Gasteiger partial charge in [-0.05, 0) is 6.26 Å². The van der Waals surface area contributed by atoms with Crippen LogP contribution in [0.2, 0.25) is 10.0 Å².